The van der Waals surface area contributed by atoms with Gasteiger partial charge in [0.2, 0.25) is 5.95 Å². The van der Waals surface area contributed by atoms with Crippen molar-refractivity contribution in [2.75, 3.05) is 5.73 Å². The fourth-order valence-corrected chi connectivity index (χ4v) is 2.18. The summed E-state index contributed by atoms with van der Waals surface area (Å²) in [5.41, 5.74) is 9.91. The number of H-pyrrole nitrogens is 1. The van der Waals surface area contributed by atoms with Crippen molar-refractivity contribution in [3.8, 4) is 11.3 Å². The van der Waals surface area contributed by atoms with E-state index in [1.165, 1.54) is 0 Å². The molecule has 0 amide bonds. The van der Waals surface area contributed by atoms with Crippen LogP contribution in [-0.4, -0.2) is 15.0 Å². The van der Waals surface area contributed by atoms with Crippen LogP contribution in [0, 0.1) is 0 Å². The summed E-state index contributed by atoms with van der Waals surface area (Å²) in [7, 11) is 0. The summed E-state index contributed by atoms with van der Waals surface area (Å²) < 4.78 is 0. The van der Waals surface area contributed by atoms with Gasteiger partial charge < -0.3 is 10.7 Å². The maximum atomic E-state index is 5.70. The number of nitrogens with one attached hydrogen (secondary N) is 1. The highest BCUT2D eigenvalue weighted by molar-refractivity contribution is 5.95. The zero-order valence-corrected chi connectivity index (χ0v) is 10.1. The van der Waals surface area contributed by atoms with Gasteiger partial charge in [-0.05, 0) is 18.1 Å². The third-order valence-corrected chi connectivity index (χ3v) is 3.11. The van der Waals surface area contributed by atoms with Crippen LogP contribution < -0.4 is 5.73 Å². The Bertz CT molecular complexity index is 700. The van der Waals surface area contributed by atoms with Crippen molar-refractivity contribution in [2.45, 2.75) is 13.3 Å². The Morgan fingerprint density at radius 2 is 2.11 bits per heavy atom. The predicted molar refractivity (Wildman–Crippen MR) is 73.1 cm³/mol. The zero-order valence-electron chi connectivity index (χ0n) is 10.1. The van der Waals surface area contributed by atoms with Crippen molar-refractivity contribution in [3.05, 3.63) is 42.2 Å². The lowest BCUT2D eigenvalue weighted by Crippen LogP contribution is -1.99. The summed E-state index contributed by atoms with van der Waals surface area (Å²) >= 11 is 0. The summed E-state index contributed by atoms with van der Waals surface area (Å²) in [6.07, 6.45) is 4.67. The van der Waals surface area contributed by atoms with E-state index in [0.29, 0.717) is 5.95 Å². The van der Waals surface area contributed by atoms with Gasteiger partial charge >= 0.3 is 0 Å². The van der Waals surface area contributed by atoms with Crippen LogP contribution in [0.25, 0.3) is 22.2 Å². The Balaban J connectivity index is 2.29. The monoisotopic (exact) mass is 238 g/mol. The first-order valence-electron chi connectivity index (χ1n) is 5.97. The van der Waals surface area contributed by atoms with E-state index in [1.54, 1.807) is 6.20 Å². The number of para-hydroxylation sites is 1. The van der Waals surface area contributed by atoms with Gasteiger partial charge in [-0.3, -0.25) is 0 Å². The van der Waals surface area contributed by atoms with E-state index in [9.17, 15) is 0 Å². The third-order valence-electron chi connectivity index (χ3n) is 3.11. The van der Waals surface area contributed by atoms with E-state index in [2.05, 4.69) is 34.0 Å². The summed E-state index contributed by atoms with van der Waals surface area (Å²) in [5, 5.41) is 1.16. The van der Waals surface area contributed by atoms with Crippen molar-refractivity contribution in [2.24, 2.45) is 0 Å². The number of aryl methyl sites for hydroxylation is 1. The van der Waals surface area contributed by atoms with E-state index >= 15 is 0 Å². The standard InChI is InChI=1S/C14H14N4/c1-2-9-7-17-14(15)18-13(9)11-8-16-12-6-4-3-5-10(11)12/h3-8,16H,2H2,1H3,(H2,15,17,18). The fourth-order valence-electron chi connectivity index (χ4n) is 2.18. The number of hydrogen-bond donors (Lipinski definition) is 2. The number of hydrogen-bond acceptors (Lipinski definition) is 3. The van der Waals surface area contributed by atoms with Gasteiger partial charge in [0.15, 0.2) is 0 Å². The Morgan fingerprint density at radius 3 is 2.94 bits per heavy atom. The highest BCUT2D eigenvalue weighted by Gasteiger charge is 2.11. The lowest BCUT2D eigenvalue weighted by molar-refractivity contribution is 1.06. The van der Waals surface area contributed by atoms with Crippen molar-refractivity contribution >= 4 is 16.9 Å². The van der Waals surface area contributed by atoms with Crippen LogP contribution in [0.5, 0.6) is 0 Å². The highest BCUT2D eigenvalue weighted by atomic mass is 15.0. The van der Waals surface area contributed by atoms with E-state index < -0.39 is 0 Å². The molecule has 3 aromatic rings. The maximum Gasteiger partial charge on any atom is 0.220 e. The largest absolute Gasteiger partial charge is 0.368 e. The molecule has 2 heterocycles. The van der Waals surface area contributed by atoms with Crippen LogP contribution in [-0.2, 0) is 6.42 Å². The number of anilines is 1. The van der Waals surface area contributed by atoms with Crippen molar-refractivity contribution in [1.82, 2.24) is 15.0 Å². The van der Waals surface area contributed by atoms with Gasteiger partial charge in [-0.25, -0.2) is 9.97 Å². The van der Waals surface area contributed by atoms with Crippen LogP contribution in [0.15, 0.2) is 36.7 Å². The second-order valence-electron chi connectivity index (χ2n) is 4.20. The number of aromatic amines is 1. The van der Waals surface area contributed by atoms with E-state index in [0.717, 1.165) is 34.1 Å². The number of aromatic nitrogens is 3. The van der Waals surface area contributed by atoms with Crippen LogP contribution >= 0.6 is 0 Å². The average molecular weight is 238 g/mol. The number of nitrogens with zero attached hydrogens (tertiary/aromatic N) is 2. The minimum absolute atomic E-state index is 0.312. The number of nitrogen functional groups attached to an aromatic ring is 1. The molecule has 0 aliphatic carbocycles. The molecule has 3 rings (SSSR count). The van der Waals surface area contributed by atoms with E-state index in [-0.39, 0.29) is 0 Å². The minimum atomic E-state index is 0.312. The minimum Gasteiger partial charge on any atom is -0.368 e. The Hall–Kier alpha value is -2.36. The second-order valence-corrected chi connectivity index (χ2v) is 4.20. The molecular formula is C14H14N4. The average Bonchev–Trinajstić information content (AvgIpc) is 2.82. The summed E-state index contributed by atoms with van der Waals surface area (Å²) in [4.78, 5) is 11.7. The normalized spacial score (nSPS) is 10.9. The zero-order chi connectivity index (χ0) is 12.5. The van der Waals surface area contributed by atoms with Gasteiger partial charge in [0.25, 0.3) is 0 Å². The first kappa shape index (κ1) is 10.8. The van der Waals surface area contributed by atoms with Crippen molar-refractivity contribution in [1.29, 1.82) is 0 Å². The van der Waals surface area contributed by atoms with Gasteiger partial charge in [0, 0.05) is 28.9 Å². The highest BCUT2D eigenvalue weighted by Crippen LogP contribution is 2.29. The molecule has 0 unspecified atom stereocenters. The maximum absolute atomic E-state index is 5.70. The molecule has 0 bridgehead atoms. The molecule has 90 valence electrons. The van der Waals surface area contributed by atoms with Crippen LogP contribution in [0.4, 0.5) is 5.95 Å². The second kappa shape index (κ2) is 4.14. The summed E-state index contributed by atoms with van der Waals surface area (Å²) in [6.45, 7) is 2.09. The fraction of sp³-hybridized carbons (Fsp3) is 0.143. The molecular weight excluding hydrogens is 224 g/mol. The summed E-state index contributed by atoms with van der Waals surface area (Å²) in [5.74, 6) is 0.312. The molecule has 0 radical (unpaired) electrons. The van der Waals surface area contributed by atoms with Crippen LogP contribution in [0.2, 0.25) is 0 Å². The Morgan fingerprint density at radius 1 is 1.28 bits per heavy atom. The number of rotatable bonds is 2. The van der Waals surface area contributed by atoms with Gasteiger partial charge in [-0.1, -0.05) is 25.1 Å². The number of benzene rings is 1. The quantitative estimate of drug-likeness (QED) is 0.721. The topological polar surface area (TPSA) is 67.6 Å². The van der Waals surface area contributed by atoms with Gasteiger partial charge in [0.1, 0.15) is 0 Å². The predicted octanol–water partition coefficient (Wildman–Crippen LogP) is 2.77. The third kappa shape index (κ3) is 1.62. The molecule has 4 nitrogen and oxygen atoms in total. The molecule has 4 heteroatoms. The molecule has 3 N–H and O–H groups in total. The summed E-state index contributed by atoms with van der Waals surface area (Å²) in [6, 6.07) is 8.17. The molecule has 1 aromatic carbocycles. The molecule has 0 saturated carbocycles. The number of fused-ring (bicyclic) bond motifs is 1. The first-order valence-corrected chi connectivity index (χ1v) is 5.97. The molecule has 0 fully saturated rings. The van der Waals surface area contributed by atoms with Gasteiger partial charge in [-0.2, -0.15) is 0 Å². The molecule has 0 aliphatic rings. The van der Waals surface area contributed by atoms with Gasteiger partial charge in [-0.15, -0.1) is 0 Å². The number of nitrogens with two attached hydrogens (primary N) is 1. The Labute approximate surface area is 105 Å². The lowest BCUT2D eigenvalue weighted by Gasteiger charge is -2.06. The first-order chi connectivity index (χ1) is 8.79. The van der Waals surface area contributed by atoms with Crippen LogP contribution in [0.3, 0.4) is 0 Å². The smallest absolute Gasteiger partial charge is 0.220 e. The van der Waals surface area contributed by atoms with Crippen molar-refractivity contribution in [3.63, 3.8) is 0 Å². The molecule has 0 saturated heterocycles. The molecule has 0 aliphatic heterocycles. The Kier molecular flexibility index (Phi) is 2.48. The molecule has 0 atom stereocenters. The molecule has 2 aromatic heterocycles. The molecule has 18 heavy (non-hydrogen) atoms. The van der Waals surface area contributed by atoms with Gasteiger partial charge in [0.05, 0.1) is 5.69 Å². The lowest BCUT2D eigenvalue weighted by atomic mass is 10.0. The van der Waals surface area contributed by atoms with E-state index in [1.807, 2.05) is 18.3 Å². The van der Waals surface area contributed by atoms with Crippen molar-refractivity contribution < 1.29 is 0 Å². The van der Waals surface area contributed by atoms with E-state index in [4.69, 9.17) is 5.73 Å². The molecule has 0 spiro atoms. The van der Waals surface area contributed by atoms with Crippen LogP contribution in [0.1, 0.15) is 12.5 Å². The SMILES string of the molecule is CCc1cnc(N)nc1-c1c[nH]c2ccccc12.